The van der Waals surface area contributed by atoms with Crippen molar-refractivity contribution in [2.45, 2.75) is 52.1 Å². The topological polar surface area (TPSA) is 18.5 Å². The number of rotatable bonds is 7. The molecule has 0 saturated heterocycles. The van der Waals surface area contributed by atoms with Crippen LogP contribution in [0.2, 0.25) is 0 Å². The first-order chi connectivity index (χ1) is 12.6. The van der Waals surface area contributed by atoms with E-state index in [4.69, 9.17) is 9.47 Å². The standard InChI is InChI=1S/C24H34O2/c1-5-20-7-6-15-24(3)22(18(2)8-13-23(20)24)14-16-26-17-19-9-11-21(25-4)12-10-19/h5,9-12,20,22-23H,1-2,6-8,13-17H2,3-4H3/t20-,22+,23+,24-/m1/s1. The number of fused-ring (bicyclic) bond motifs is 1. The molecule has 26 heavy (non-hydrogen) atoms. The van der Waals surface area contributed by atoms with Gasteiger partial charge in [-0.3, -0.25) is 0 Å². The predicted molar refractivity (Wildman–Crippen MR) is 108 cm³/mol. The van der Waals surface area contributed by atoms with E-state index in [9.17, 15) is 0 Å². The number of hydrogen-bond acceptors (Lipinski definition) is 2. The summed E-state index contributed by atoms with van der Waals surface area (Å²) >= 11 is 0. The normalized spacial score (nSPS) is 31.3. The summed E-state index contributed by atoms with van der Waals surface area (Å²) in [5.74, 6) is 2.93. The summed E-state index contributed by atoms with van der Waals surface area (Å²) < 4.78 is 11.2. The summed E-state index contributed by atoms with van der Waals surface area (Å²) in [7, 11) is 1.69. The molecule has 0 spiro atoms. The third-order valence-electron chi connectivity index (χ3n) is 6.96. The lowest BCUT2D eigenvalue weighted by Crippen LogP contribution is -2.46. The highest BCUT2D eigenvalue weighted by Crippen LogP contribution is 2.57. The van der Waals surface area contributed by atoms with Gasteiger partial charge < -0.3 is 9.47 Å². The Morgan fingerprint density at radius 2 is 2.00 bits per heavy atom. The van der Waals surface area contributed by atoms with Crippen LogP contribution in [-0.4, -0.2) is 13.7 Å². The summed E-state index contributed by atoms with van der Waals surface area (Å²) in [5, 5.41) is 0. The molecule has 0 heterocycles. The SMILES string of the molecule is C=C[C@@H]1CCC[C@]2(C)[C@@H](CCOCc3ccc(OC)cc3)C(=C)CC[C@@H]12. The van der Waals surface area contributed by atoms with Crippen molar-refractivity contribution >= 4 is 0 Å². The van der Waals surface area contributed by atoms with Gasteiger partial charge in [0.2, 0.25) is 0 Å². The van der Waals surface area contributed by atoms with Gasteiger partial charge in [-0.25, -0.2) is 0 Å². The first-order valence-electron chi connectivity index (χ1n) is 10.1. The molecule has 0 unspecified atom stereocenters. The zero-order valence-corrected chi connectivity index (χ0v) is 16.5. The average molecular weight is 355 g/mol. The molecule has 2 aliphatic carbocycles. The lowest BCUT2D eigenvalue weighted by molar-refractivity contribution is -0.0108. The van der Waals surface area contributed by atoms with Gasteiger partial charge in [0.1, 0.15) is 5.75 Å². The Morgan fingerprint density at radius 1 is 1.23 bits per heavy atom. The maximum atomic E-state index is 6.02. The molecule has 2 aliphatic rings. The van der Waals surface area contributed by atoms with Crippen LogP contribution >= 0.6 is 0 Å². The van der Waals surface area contributed by atoms with E-state index in [-0.39, 0.29) is 0 Å². The Morgan fingerprint density at radius 3 is 2.69 bits per heavy atom. The van der Waals surface area contributed by atoms with E-state index in [1.807, 2.05) is 12.1 Å². The fraction of sp³-hybridized carbons (Fsp3) is 0.583. The van der Waals surface area contributed by atoms with E-state index in [1.54, 1.807) is 7.11 Å². The Kier molecular flexibility index (Phi) is 6.24. The van der Waals surface area contributed by atoms with E-state index >= 15 is 0 Å². The molecule has 0 bridgehead atoms. The average Bonchev–Trinajstić information content (AvgIpc) is 2.66. The molecule has 4 atom stereocenters. The maximum absolute atomic E-state index is 6.02. The van der Waals surface area contributed by atoms with Crippen LogP contribution in [0.4, 0.5) is 0 Å². The molecule has 0 amide bonds. The summed E-state index contributed by atoms with van der Waals surface area (Å²) in [4.78, 5) is 0. The van der Waals surface area contributed by atoms with E-state index in [0.29, 0.717) is 23.9 Å². The minimum Gasteiger partial charge on any atom is -0.497 e. The number of hydrogen-bond donors (Lipinski definition) is 0. The fourth-order valence-electron chi connectivity index (χ4n) is 5.48. The maximum Gasteiger partial charge on any atom is 0.118 e. The molecule has 2 fully saturated rings. The second-order valence-corrected chi connectivity index (χ2v) is 8.34. The lowest BCUT2D eigenvalue weighted by atomic mass is 9.51. The highest BCUT2D eigenvalue weighted by atomic mass is 16.5. The van der Waals surface area contributed by atoms with Crippen molar-refractivity contribution < 1.29 is 9.47 Å². The van der Waals surface area contributed by atoms with Gasteiger partial charge in [-0.15, -0.1) is 6.58 Å². The number of methoxy groups -OCH3 is 1. The van der Waals surface area contributed by atoms with Gasteiger partial charge in [0.25, 0.3) is 0 Å². The Bertz CT molecular complexity index is 618. The fourth-order valence-corrected chi connectivity index (χ4v) is 5.48. The number of allylic oxidation sites excluding steroid dienone is 2. The monoisotopic (exact) mass is 354 g/mol. The van der Waals surface area contributed by atoms with Gasteiger partial charge in [-0.2, -0.15) is 0 Å². The highest BCUT2D eigenvalue weighted by Gasteiger charge is 2.48. The van der Waals surface area contributed by atoms with Crippen molar-refractivity contribution in [1.29, 1.82) is 0 Å². The van der Waals surface area contributed by atoms with E-state index in [1.165, 1.54) is 43.2 Å². The third-order valence-corrected chi connectivity index (χ3v) is 6.96. The van der Waals surface area contributed by atoms with Gasteiger partial charge in [0, 0.05) is 6.61 Å². The Labute approximate surface area is 159 Å². The zero-order chi connectivity index (χ0) is 18.6. The van der Waals surface area contributed by atoms with Crippen molar-refractivity contribution in [1.82, 2.24) is 0 Å². The van der Waals surface area contributed by atoms with Crippen molar-refractivity contribution in [3.05, 3.63) is 54.6 Å². The van der Waals surface area contributed by atoms with Gasteiger partial charge in [-0.1, -0.05) is 43.7 Å². The molecule has 2 saturated carbocycles. The molecule has 1 aromatic rings. The van der Waals surface area contributed by atoms with Gasteiger partial charge in [-0.05, 0) is 73.0 Å². The van der Waals surface area contributed by atoms with Crippen LogP contribution in [0.15, 0.2) is 49.1 Å². The lowest BCUT2D eigenvalue weighted by Gasteiger charge is -2.54. The van der Waals surface area contributed by atoms with Gasteiger partial charge in [0.15, 0.2) is 0 Å². The van der Waals surface area contributed by atoms with Crippen LogP contribution in [0.25, 0.3) is 0 Å². The minimum atomic E-state index is 0.371. The highest BCUT2D eigenvalue weighted by molar-refractivity contribution is 5.26. The summed E-state index contributed by atoms with van der Waals surface area (Å²) in [6, 6.07) is 8.13. The summed E-state index contributed by atoms with van der Waals surface area (Å²) in [6.07, 6.45) is 9.73. The molecule has 2 nitrogen and oxygen atoms in total. The van der Waals surface area contributed by atoms with Crippen LogP contribution in [0.3, 0.4) is 0 Å². The first kappa shape index (κ1) is 19.2. The molecule has 0 radical (unpaired) electrons. The number of benzene rings is 1. The largest absolute Gasteiger partial charge is 0.497 e. The molecular weight excluding hydrogens is 320 g/mol. The van der Waals surface area contributed by atoms with Gasteiger partial charge >= 0.3 is 0 Å². The molecule has 0 aromatic heterocycles. The van der Waals surface area contributed by atoms with Crippen molar-refractivity contribution in [3.63, 3.8) is 0 Å². The van der Waals surface area contributed by atoms with Gasteiger partial charge in [0.05, 0.1) is 13.7 Å². The quantitative estimate of drug-likeness (QED) is 0.430. The van der Waals surface area contributed by atoms with Crippen LogP contribution in [-0.2, 0) is 11.3 Å². The second kappa shape index (κ2) is 8.43. The molecule has 1 aromatic carbocycles. The van der Waals surface area contributed by atoms with Crippen LogP contribution in [0, 0.1) is 23.2 Å². The van der Waals surface area contributed by atoms with Crippen LogP contribution in [0.1, 0.15) is 51.0 Å². The first-order valence-corrected chi connectivity index (χ1v) is 10.1. The van der Waals surface area contributed by atoms with Crippen molar-refractivity contribution in [2.24, 2.45) is 23.2 Å². The molecule has 3 rings (SSSR count). The molecule has 2 heteroatoms. The molecule has 142 valence electrons. The van der Waals surface area contributed by atoms with E-state index in [0.717, 1.165) is 24.7 Å². The van der Waals surface area contributed by atoms with E-state index in [2.05, 4.69) is 38.3 Å². The molecule has 0 aliphatic heterocycles. The zero-order valence-electron chi connectivity index (χ0n) is 16.5. The summed E-state index contributed by atoms with van der Waals surface area (Å²) in [6.45, 7) is 12.5. The van der Waals surface area contributed by atoms with Crippen molar-refractivity contribution in [3.8, 4) is 5.75 Å². The Balaban J connectivity index is 1.56. The second-order valence-electron chi connectivity index (χ2n) is 8.34. The third kappa shape index (κ3) is 3.91. The minimum absolute atomic E-state index is 0.371. The number of ether oxygens (including phenoxy) is 2. The Hall–Kier alpha value is -1.54. The van der Waals surface area contributed by atoms with Crippen LogP contribution in [0.5, 0.6) is 5.75 Å². The van der Waals surface area contributed by atoms with Crippen molar-refractivity contribution in [2.75, 3.05) is 13.7 Å². The van der Waals surface area contributed by atoms with E-state index < -0.39 is 0 Å². The van der Waals surface area contributed by atoms with Crippen LogP contribution < -0.4 is 4.74 Å². The molecular formula is C24H34O2. The predicted octanol–water partition coefficient (Wildman–Crippen LogP) is 6.18. The molecule has 0 N–H and O–H groups in total. The smallest absolute Gasteiger partial charge is 0.118 e. The summed E-state index contributed by atoms with van der Waals surface area (Å²) in [5.41, 5.74) is 3.01.